The standard InChI is InChI=1S/C22H30N4O/c23-17-18-5-7-21(8-6-18)24-11-9-19(10-12-24)22(27)26-15-13-25(14-16-26)20-3-1-2-4-20/h5-8,19-20H,1-4,9-16H2. The maximum Gasteiger partial charge on any atom is 0.225 e. The SMILES string of the molecule is N#Cc1ccc(N2CCC(C(=O)N3CCN(C4CCCC4)CC3)CC2)cc1. The average molecular weight is 367 g/mol. The first-order chi connectivity index (χ1) is 13.2. The number of rotatable bonds is 3. The highest BCUT2D eigenvalue weighted by atomic mass is 16.2. The van der Waals surface area contributed by atoms with E-state index in [2.05, 4.69) is 20.8 Å². The van der Waals surface area contributed by atoms with Crippen molar-refractivity contribution < 1.29 is 4.79 Å². The van der Waals surface area contributed by atoms with Crippen LogP contribution in [0.3, 0.4) is 0 Å². The van der Waals surface area contributed by atoms with Crippen molar-refractivity contribution in [2.45, 2.75) is 44.6 Å². The zero-order chi connectivity index (χ0) is 18.6. The van der Waals surface area contributed by atoms with Gasteiger partial charge in [-0.25, -0.2) is 0 Å². The minimum Gasteiger partial charge on any atom is -0.371 e. The van der Waals surface area contributed by atoms with E-state index in [0.717, 1.165) is 63.8 Å². The molecule has 144 valence electrons. The normalized spacial score (nSPS) is 22.8. The van der Waals surface area contributed by atoms with Crippen molar-refractivity contribution in [3.8, 4) is 6.07 Å². The number of carbonyl (C=O) groups excluding carboxylic acids is 1. The predicted octanol–water partition coefficient (Wildman–Crippen LogP) is 2.86. The van der Waals surface area contributed by atoms with Gasteiger partial charge in [0, 0.05) is 56.9 Å². The zero-order valence-electron chi connectivity index (χ0n) is 16.1. The van der Waals surface area contributed by atoms with Gasteiger partial charge in [0.05, 0.1) is 11.6 Å². The maximum atomic E-state index is 13.0. The van der Waals surface area contributed by atoms with Crippen LogP contribution in [0.25, 0.3) is 0 Å². The molecule has 3 fully saturated rings. The minimum atomic E-state index is 0.178. The van der Waals surface area contributed by atoms with Crippen LogP contribution in [0, 0.1) is 17.2 Å². The Hall–Kier alpha value is -2.06. The molecule has 0 aromatic heterocycles. The largest absolute Gasteiger partial charge is 0.371 e. The van der Waals surface area contributed by atoms with Gasteiger partial charge in [0.25, 0.3) is 0 Å². The molecule has 0 spiro atoms. The summed E-state index contributed by atoms with van der Waals surface area (Å²) in [6.07, 6.45) is 7.32. The van der Waals surface area contributed by atoms with E-state index < -0.39 is 0 Å². The summed E-state index contributed by atoms with van der Waals surface area (Å²) in [6.45, 7) is 5.77. The molecule has 5 heteroatoms. The van der Waals surface area contributed by atoms with E-state index in [1.807, 2.05) is 24.3 Å². The Balaban J connectivity index is 1.25. The number of hydrogen-bond donors (Lipinski definition) is 0. The Bertz CT molecular complexity index is 673. The summed E-state index contributed by atoms with van der Waals surface area (Å²) in [5, 5.41) is 8.93. The van der Waals surface area contributed by atoms with Crippen LogP contribution in [0.4, 0.5) is 5.69 Å². The van der Waals surface area contributed by atoms with Crippen LogP contribution >= 0.6 is 0 Å². The van der Waals surface area contributed by atoms with Gasteiger partial charge in [0.15, 0.2) is 0 Å². The van der Waals surface area contributed by atoms with Crippen molar-refractivity contribution in [2.24, 2.45) is 5.92 Å². The zero-order valence-corrected chi connectivity index (χ0v) is 16.1. The van der Waals surface area contributed by atoms with Crippen LogP contribution < -0.4 is 4.90 Å². The third-order valence-corrected chi connectivity index (χ3v) is 6.67. The van der Waals surface area contributed by atoms with Crippen molar-refractivity contribution in [1.29, 1.82) is 5.26 Å². The highest BCUT2D eigenvalue weighted by Crippen LogP contribution is 2.27. The van der Waals surface area contributed by atoms with Crippen molar-refractivity contribution in [1.82, 2.24) is 9.80 Å². The van der Waals surface area contributed by atoms with Crippen LogP contribution in [0.15, 0.2) is 24.3 Å². The predicted molar refractivity (Wildman–Crippen MR) is 107 cm³/mol. The molecule has 0 radical (unpaired) electrons. The van der Waals surface area contributed by atoms with Gasteiger partial charge in [-0.05, 0) is 49.9 Å². The van der Waals surface area contributed by atoms with Crippen molar-refractivity contribution in [2.75, 3.05) is 44.2 Å². The van der Waals surface area contributed by atoms with Crippen LogP contribution in [0.1, 0.15) is 44.1 Å². The van der Waals surface area contributed by atoms with Gasteiger partial charge in [-0.2, -0.15) is 5.26 Å². The van der Waals surface area contributed by atoms with Gasteiger partial charge in [-0.1, -0.05) is 12.8 Å². The molecular weight excluding hydrogens is 336 g/mol. The number of nitriles is 1. The lowest BCUT2D eigenvalue weighted by Gasteiger charge is -2.40. The molecule has 1 saturated carbocycles. The van der Waals surface area contributed by atoms with E-state index in [0.29, 0.717) is 11.5 Å². The van der Waals surface area contributed by atoms with Crippen LogP contribution in [0.2, 0.25) is 0 Å². The Morgan fingerprint density at radius 2 is 1.52 bits per heavy atom. The summed E-state index contributed by atoms with van der Waals surface area (Å²) in [7, 11) is 0. The molecule has 2 aliphatic heterocycles. The summed E-state index contributed by atoms with van der Waals surface area (Å²) in [4.78, 5) is 20.0. The molecular formula is C22H30N4O. The van der Waals surface area contributed by atoms with Gasteiger partial charge in [0.1, 0.15) is 0 Å². The number of carbonyl (C=O) groups is 1. The summed E-state index contributed by atoms with van der Waals surface area (Å²) >= 11 is 0. The van der Waals surface area contributed by atoms with E-state index in [9.17, 15) is 4.79 Å². The number of benzene rings is 1. The van der Waals surface area contributed by atoms with Crippen molar-refractivity contribution in [3.05, 3.63) is 29.8 Å². The molecule has 3 aliphatic rings. The molecule has 0 bridgehead atoms. The first kappa shape index (κ1) is 18.3. The summed E-state index contributed by atoms with van der Waals surface area (Å²) < 4.78 is 0. The van der Waals surface area contributed by atoms with Crippen LogP contribution in [-0.2, 0) is 4.79 Å². The van der Waals surface area contributed by atoms with E-state index >= 15 is 0 Å². The smallest absolute Gasteiger partial charge is 0.225 e. The first-order valence-electron chi connectivity index (χ1n) is 10.5. The maximum absolute atomic E-state index is 13.0. The van der Waals surface area contributed by atoms with E-state index in [-0.39, 0.29) is 5.92 Å². The number of piperidine rings is 1. The Morgan fingerprint density at radius 3 is 2.11 bits per heavy atom. The molecule has 1 aliphatic carbocycles. The van der Waals surface area contributed by atoms with E-state index in [1.165, 1.54) is 25.7 Å². The fraction of sp³-hybridized carbons (Fsp3) is 0.636. The van der Waals surface area contributed by atoms with Crippen LogP contribution in [-0.4, -0.2) is 61.0 Å². The Morgan fingerprint density at radius 1 is 0.889 bits per heavy atom. The third-order valence-electron chi connectivity index (χ3n) is 6.67. The highest BCUT2D eigenvalue weighted by Gasteiger charge is 2.32. The van der Waals surface area contributed by atoms with Gasteiger partial charge in [0.2, 0.25) is 5.91 Å². The number of nitrogens with zero attached hydrogens (tertiary/aromatic N) is 4. The molecule has 0 unspecified atom stereocenters. The molecule has 0 N–H and O–H groups in total. The quantitative estimate of drug-likeness (QED) is 0.825. The Labute approximate surface area is 162 Å². The summed E-state index contributed by atoms with van der Waals surface area (Å²) in [5.41, 5.74) is 1.85. The van der Waals surface area contributed by atoms with E-state index in [1.54, 1.807) is 0 Å². The summed E-state index contributed by atoms with van der Waals surface area (Å²) in [6, 6.07) is 10.7. The lowest BCUT2D eigenvalue weighted by Crippen LogP contribution is -2.53. The minimum absolute atomic E-state index is 0.178. The molecule has 2 saturated heterocycles. The van der Waals surface area contributed by atoms with E-state index in [4.69, 9.17) is 5.26 Å². The topological polar surface area (TPSA) is 50.6 Å². The number of anilines is 1. The molecule has 5 nitrogen and oxygen atoms in total. The van der Waals surface area contributed by atoms with Gasteiger partial charge < -0.3 is 9.80 Å². The lowest BCUT2D eigenvalue weighted by molar-refractivity contribution is -0.138. The number of amides is 1. The van der Waals surface area contributed by atoms with Crippen molar-refractivity contribution >= 4 is 11.6 Å². The second-order valence-electron chi connectivity index (χ2n) is 8.22. The Kier molecular flexibility index (Phi) is 5.63. The molecule has 0 atom stereocenters. The molecule has 4 rings (SSSR count). The average Bonchev–Trinajstić information content (AvgIpc) is 3.28. The molecule has 1 aromatic rings. The fourth-order valence-electron chi connectivity index (χ4n) is 4.97. The summed E-state index contributed by atoms with van der Waals surface area (Å²) in [5.74, 6) is 0.554. The first-order valence-corrected chi connectivity index (χ1v) is 10.5. The monoisotopic (exact) mass is 366 g/mol. The van der Waals surface area contributed by atoms with Crippen LogP contribution in [0.5, 0.6) is 0 Å². The number of piperazine rings is 1. The fourth-order valence-corrected chi connectivity index (χ4v) is 4.97. The van der Waals surface area contributed by atoms with Gasteiger partial charge in [-0.15, -0.1) is 0 Å². The molecule has 2 heterocycles. The second kappa shape index (κ2) is 8.31. The lowest BCUT2D eigenvalue weighted by atomic mass is 9.94. The molecule has 1 aromatic carbocycles. The second-order valence-corrected chi connectivity index (χ2v) is 8.22. The molecule has 27 heavy (non-hydrogen) atoms. The van der Waals surface area contributed by atoms with Crippen molar-refractivity contribution in [3.63, 3.8) is 0 Å². The third kappa shape index (κ3) is 4.11. The number of hydrogen-bond acceptors (Lipinski definition) is 4. The van der Waals surface area contributed by atoms with Gasteiger partial charge >= 0.3 is 0 Å². The highest BCUT2D eigenvalue weighted by molar-refractivity contribution is 5.79. The van der Waals surface area contributed by atoms with Gasteiger partial charge in [-0.3, -0.25) is 9.69 Å². The molecule has 1 amide bonds.